The fraction of sp³-hybridized carbons (Fsp3) is 0. The molecule has 2 N–H and O–H groups in total. The number of hydrogen-bond acceptors (Lipinski definition) is 13. The Hall–Kier alpha value is -5.49. The molecule has 0 aliphatic carbocycles. The van der Waals surface area contributed by atoms with Crippen LogP contribution in [0, 0.1) is 0 Å². The maximum atomic E-state index is 4.90. The molecule has 0 amide bonds. The molecule has 8 rings (SSSR count). The van der Waals surface area contributed by atoms with Crippen LogP contribution in [0.4, 0.5) is 0 Å². The minimum Gasteiger partial charge on any atom is -0.322 e. The van der Waals surface area contributed by atoms with Crippen molar-refractivity contribution in [3.63, 3.8) is 0 Å². The van der Waals surface area contributed by atoms with Crippen molar-refractivity contribution in [3.8, 4) is 17.8 Å². The zero-order chi connectivity index (χ0) is 27.2. The number of aromatic amines is 2. The van der Waals surface area contributed by atoms with Gasteiger partial charge in [0.15, 0.2) is 20.6 Å². The largest absolute Gasteiger partial charge is 0.322 e. The number of imidazole rings is 2. The first kappa shape index (κ1) is 23.4. The van der Waals surface area contributed by atoms with E-state index >= 15 is 0 Å². The molecule has 198 valence electrons. The van der Waals surface area contributed by atoms with Crippen molar-refractivity contribution in [2.45, 2.75) is 20.6 Å². The molecule has 18 heteroatoms. The van der Waals surface area contributed by atoms with E-state index in [-0.39, 0.29) is 0 Å². The second kappa shape index (κ2) is 9.61. The van der Waals surface area contributed by atoms with Gasteiger partial charge in [-0.3, -0.25) is 23.7 Å². The van der Waals surface area contributed by atoms with Crippen LogP contribution in [0.2, 0.25) is 0 Å². The number of pyridine rings is 2. The highest BCUT2D eigenvalue weighted by atomic mass is 32.2. The van der Waals surface area contributed by atoms with Crippen molar-refractivity contribution >= 4 is 45.6 Å². The fourth-order valence-electron chi connectivity index (χ4n) is 4.22. The number of aromatic nitrogens is 16. The lowest BCUT2D eigenvalue weighted by Crippen LogP contribution is -2.13. The van der Waals surface area contributed by atoms with Gasteiger partial charge in [-0.1, -0.05) is 0 Å². The zero-order valence-corrected chi connectivity index (χ0v) is 22.1. The number of nitrogens with zero attached hydrogens (tertiary/aromatic N) is 14. The van der Waals surface area contributed by atoms with Crippen LogP contribution in [0.5, 0.6) is 0 Å². The lowest BCUT2D eigenvalue weighted by molar-refractivity contribution is 0.746. The summed E-state index contributed by atoms with van der Waals surface area (Å²) in [4.78, 5) is 38.7. The average molecular weight is 579 g/mol. The van der Waals surface area contributed by atoms with E-state index in [1.54, 1.807) is 46.3 Å². The van der Waals surface area contributed by atoms with Gasteiger partial charge in [0.25, 0.3) is 0 Å². The summed E-state index contributed by atoms with van der Waals surface area (Å²) in [6, 6.07) is 7.64. The van der Waals surface area contributed by atoms with E-state index in [0.29, 0.717) is 38.5 Å². The number of rotatable bonds is 7. The molecule has 8 aromatic rings. The van der Waals surface area contributed by atoms with Gasteiger partial charge in [-0.15, -0.1) is 20.4 Å². The Morgan fingerprint density at radius 1 is 0.585 bits per heavy atom. The van der Waals surface area contributed by atoms with Gasteiger partial charge < -0.3 is 9.97 Å². The minimum absolute atomic E-state index is 0.330. The van der Waals surface area contributed by atoms with E-state index in [4.69, 9.17) is 15.0 Å². The Labute approximate surface area is 236 Å². The third-order valence-electron chi connectivity index (χ3n) is 5.89. The standard InChI is InChI=1S/C23H14N16S2/c1-3-13-15(24-5-1)16-14(4-2-6-25-16)39(13)19-33-17(37-9-7-26-22(37)40-20-28-11-30-35-20)32-18(34-19)38-10-8-27-23(38)41-21-29-12-31-36-21/h1-12H,(H,28,30,35)(H,29,31,36). The normalized spacial score (nSPS) is 11.6. The van der Waals surface area contributed by atoms with Gasteiger partial charge >= 0.3 is 0 Å². The first-order chi connectivity index (χ1) is 20.3. The maximum absolute atomic E-state index is 4.90. The Kier molecular flexibility index (Phi) is 5.48. The van der Waals surface area contributed by atoms with Crippen LogP contribution in [-0.2, 0) is 0 Å². The van der Waals surface area contributed by atoms with Crippen LogP contribution in [0.1, 0.15) is 0 Å². The summed E-state index contributed by atoms with van der Waals surface area (Å²) in [5.41, 5.74) is 3.07. The molecule has 41 heavy (non-hydrogen) atoms. The van der Waals surface area contributed by atoms with Gasteiger partial charge in [-0.2, -0.15) is 15.0 Å². The third kappa shape index (κ3) is 4.08. The van der Waals surface area contributed by atoms with E-state index in [9.17, 15) is 0 Å². The van der Waals surface area contributed by atoms with Crippen molar-refractivity contribution in [2.75, 3.05) is 0 Å². The minimum atomic E-state index is 0.330. The van der Waals surface area contributed by atoms with E-state index in [0.717, 1.165) is 22.1 Å². The average Bonchev–Trinajstić information content (AvgIpc) is 3.84. The molecule has 0 spiro atoms. The summed E-state index contributed by atoms with van der Waals surface area (Å²) in [7, 11) is 0. The molecule has 0 saturated carbocycles. The molecule has 0 saturated heterocycles. The lowest BCUT2D eigenvalue weighted by Gasteiger charge is -2.12. The second-order valence-electron chi connectivity index (χ2n) is 8.26. The number of fused-ring (bicyclic) bond motifs is 3. The molecule has 8 heterocycles. The molecule has 0 bridgehead atoms. The predicted octanol–water partition coefficient (Wildman–Crippen LogP) is 2.67. The molecule has 0 aromatic carbocycles. The van der Waals surface area contributed by atoms with Crippen molar-refractivity contribution in [1.82, 2.24) is 79.0 Å². The molecule has 0 atom stereocenters. The fourth-order valence-corrected chi connectivity index (χ4v) is 5.67. The summed E-state index contributed by atoms with van der Waals surface area (Å²) in [5.74, 6) is 1.02. The van der Waals surface area contributed by atoms with Crippen LogP contribution in [0.3, 0.4) is 0 Å². The highest BCUT2D eigenvalue weighted by molar-refractivity contribution is 7.99. The van der Waals surface area contributed by atoms with E-state index in [1.807, 2.05) is 28.8 Å². The van der Waals surface area contributed by atoms with Crippen molar-refractivity contribution < 1.29 is 0 Å². The summed E-state index contributed by atoms with van der Waals surface area (Å²) in [5, 5.41) is 18.1. The van der Waals surface area contributed by atoms with E-state index < -0.39 is 0 Å². The number of H-pyrrole nitrogens is 2. The van der Waals surface area contributed by atoms with Gasteiger partial charge in [0.2, 0.25) is 17.8 Å². The third-order valence-corrected chi connectivity index (χ3v) is 7.64. The maximum Gasteiger partial charge on any atom is 0.242 e. The molecule has 0 fully saturated rings. The topological polar surface area (TPSA) is 188 Å². The van der Waals surface area contributed by atoms with E-state index in [2.05, 4.69) is 50.3 Å². The Morgan fingerprint density at radius 3 is 1.59 bits per heavy atom. The summed E-state index contributed by atoms with van der Waals surface area (Å²) < 4.78 is 5.43. The number of nitrogens with one attached hydrogen (secondary N) is 2. The molecule has 0 unspecified atom stereocenters. The molecular formula is C23H14N16S2. The van der Waals surface area contributed by atoms with Crippen LogP contribution in [0.25, 0.3) is 39.9 Å². The van der Waals surface area contributed by atoms with Crippen LogP contribution >= 0.6 is 23.5 Å². The van der Waals surface area contributed by atoms with Crippen molar-refractivity contribution in [1.29, 1.82) is 0 Å². The van der Waals surface area contributed by atoms with Crippen LogP contribution in [0.15, 0.2) is 94.7 Å². The summed E-state index contributed by atoms with van der Waals surface area (Å²) in [6.45, 7) is 0. The molecule has 8 aromatic heterocycles. The molecular weight excluding hydrogens is 564 g/mol. The van der Waals surface area contributed by atoms with Gasteiger partial charge in [-0.25, -0.2) is 9.97 Å². The van der Waals surface area contributed by atoms with Crippen molar-refractivity contribution in [2.24, 2.45) is 0 Å². The summed E-state index contributed by atoms with van der Waals surface area (Å²) in [6.07, 6.45) is 13.4. The van der Waals surface area contributed by atoms with Gasteiger partial charge in [0.05, 0.1) is 11.0 Å². The van der Waals surface area contributed by atoms with Gasteiger partial charge in [0.1, 0.15) is 23.7 Å². The molecule has 0 radical (unpaired) electrons. The second-order valence-corrected chi connectivity index (χ2v) is 10.2. The monoisotopic (exact) mass is 578 g/mol. The predicted molar refractivity (Wildman–Crippen MR) is 145 cm³/mol. The SMILES string of the molecule is c1cnc2c3ncccc3n(-c3nc(-n4ccnc4Sc4nnc[nH]4)nc(-n4ccnc4Sc4nnc[nH]4)n3)c2c1. The molecule has 0 aliphatic heterocycles. The van der Waals surface area contributed by atoms with Crippen LogP contribution < -0.4 is 0 Å². The lowest BCUT2D eigenvalue weighted by atomic mass is 10.3. The summed E-state index contributed by atoms with van der Waals surface area (Å²) >= 11 is 2.59. The number of hydrogen-bond donors (Lipinski definition) is 2. The Balaban J connectivity index is 1.36. The zero-order valence-electron chi connectivity index (χ0n) is 20.5. The Bertz CT molecular complexity index is 1980. The smallest absolute Gasteiger partial charge is 0.242 e. The highest BCUT2D eigenvalue weighted by Crippen LogP contribution is 2.30. The van der Waals surface area contributed by atoms with Crippen LogP contribution in [-0.4, -0.2) is 79.0 Å². The highest BCUT2D eigenvalue weighted by Gasteiger charge is 2.21. The van der Waals surface area contributed by atoms with E-state index in [1.165, 1.54) is 36.2 Å². The molecule has 0 aliphatic rings. The van der Waals surface area contributed by atoms with Gasteiger partial charge in [-0.05, 0) is 47.8 Å². The van der Waals surface area contributed by atoms with Gasteiger partial charge in [0, 0.05) is 37.2 Å². The first-order valence-corrected chi connectivity index (χ1v) is 13.6. The Morgan fingerprint density at radius 2 is 1.10 bits per heavy atom. The first-order valence-electron chi connectivity index (χ1n) is 11.9. The molecule has 16 nitrogen and oxygen atoms in total. The van der Waals surface area contributed by atoms with Crippen molar-refractivity contribution in [3.05, 3.63) is 74.1 Å². The quantitative estimate of drug-likeness (QED) is 0.281.